The number of hydrogen-bond acceptors (Lipinski definition) is 3. The predicted molar refractivity (Wildman–Crippen MR) is 111 cm³/mol. The summed E-state index contributed by atoms with van der Waals surface area (Å²) in [5.74, 6) is -0.334. The third-order valence-corrected chi connectivity index (χ3v) is 5.24. The number of benzene rings is 1. The fraction of sp³-hybridized carbons (Fsp3) is 0.571. The van der Waals surface area contributed by atoms with E-state index >= 15 is 0 Å². The topological polar surface area (TPSA) is 60.9 Å². The number of hydrogen-bond donors (Lipinski definition) is 0. The first-order chi connectivity index (χ1) is 13.5. The highest BCUT2D eigenvalue weighted by Crippen LogP contribution is 2.22. The first-order valence-corrected chi connectivity index (χ1v) is 10.5. The minimum absolute atomic E-state index is 0.00688. The molecule has 154 valence electrons. The molecule has 1 aliphatic rings. The van der Waals surface area contributed by atoms with Gasteiger partial charge in [0, 0.05) is 23.7 Å². The molecule has 0 atom stereocenters. The number of halogens is 1. The highest BCUT2D eigenvalue weighted by Gasteiger charge is 2.32. The van der Waals surface area contributed by atoms with Gasteiger partial charge in [-0.05, 0) is 37.6 Å². The molecule has 28 heavy (non-hydrogen) atoms. The minimum atomic E-state index is -0.203. The average Bonchev–Trinajstić information content (AvgIpc) is 3.08. The van der Waals surface area contributed by atoms with Gasteiger partial charge in [-0.15, -0.1) is 0 Å². The molecule has 0 saturated carbocycles. The van der Waals surface area contributed by atoms with Crippen LogP contribution in [0.5, 0.6) is 0 Å². The second-order valence-corrected chi connectivity index (χ2v) is 7.54. The molecule has 1 fully saturated rings. The fourth-order valence-corrected chi connectivity index (χ4v) is 3.37. The lowest BCUT2D eigenvalue weighted by atomic mass is 10.1. The van der Waals surface area contributed by atoms with Crippen LogP contribution in [0.1, 0.15) is 52.4 Å². The van der Waals surface area contributed by atoms with Gasteiger partial charge in [0.1, 0.15) is 13.2 Å². The van der Waals surface area contributed by atoms with E-state index in [1.807, 2.05) is 6.92 Å². The molecule has 0 spiro atoms. The van der Waals surface area contributed by atoms with Crippen LogP contribution in [0.25, 0.3) is 0 Å². The summed E-state index contributed by atoms with van der Waals surface area (Å²) in [5, 5.41) is 0.593. The second kappa shape index (κ2) is 11.1. The molecule has 0 radical (unpaired) electrons. The highest BCUT2D eigenvalue weighted by molar-refractivity contribution is 6.30. The summed E-state index contributed by atoms with van der Waals surface area (Å²) in [5.41, 5.74) is 0.709. The van der Waals surface area contributed by atoms with E-state index in [-0.39, 0.29) is 37.5 Å². The van der Waals surface area contributed by atoms with Crippen LogP contribution in [0.2, 0.25) is 5.02 Å². The Morgan fingerprint density at radius 1 is 1.07 bits per heavy atom. The lowest BCUT2D eigenvalue weighted by Crippen LogP contribution is -2.42. The number of likely N-dealkylation sites (N-methyl/N-ethyl adjacent to an activating group) is 1. The van der Waals surface area contributed by atoms with Gasteiger partial charge < -0.3 is 9.80 Å². The lowest BCUT2D eigenvalue weighted by molar-refractivity contribution is -0.140. The second-order valence-electron chi connectivity index (χ2n) is 7.10. The SMILES string of the molecule is CCCCCCCC(=O)N(CC)CC(=O)N1CC(=O)N(c2ccc(Cl)cc2)C1. The van der Waals surface area contributed by atoms with E-state index < -0.39 is 0 Å². The van der Waals surface area contributed by atoms with E-state index in [4.69, 9.17) is 11.6 Å². The largest absolute Gasteiger partial charge is 0.334 e. The van der Waals surface area contributed by atoms with Crippen molar-refractivity contribution < 1.29 is 14.4 Å². The van der Waals surface area contributed by atoms with Crippen LogP contribution in [0.3, 0.4) is 0 Å². The standard InChI is InChI=1S/C21H30ClN3O3/c1-3-5-6-7-8-9-19(26)23(4-2)14-20(27)24-15-21(28)25(16-24)18-12-10-17(22)11-13-18/h10-13H,3-9,14-16H2,1-2H3. The van der Waals surface area contributed by atoms with Crippen molar-refractivity contribution in [3.63, 3.8) is 0 Å². The normalized spacial score (nSPS) is 13.9. The number of carbonyl (C=O) groups is 3. The van der Waals surface area contributed by atoms with Crippen molar-refractivity contribution in [2.45, 2.75) is 52.4 Å². The highest BCUT2D eigenvalue weighted by atomic mass is 35.5. The van der Waals surface area contributed by atoms with E-state index in [0.717, 1.165) is 19.3 Å². The van der Waals surface area contributed by atoms with E-state index in [2.05, 4.69) is 6.92 Å². The Labute approximate surface area is 172 Å². The summed E-state index contributed by atoms with van der Waals surface area (Å²) in [6, 6.07) is 6.95. The van der Waals surface area contributed by atoms with Crippen molar-refractivity contribution in [3.05, 3.63) is 29.3 Å². The fourth-order valence-electron chi connectivity index (χ4n) is 3.24. The molecule has 7 heteroatoms. The van der Waals surface area contributed by atoms with Gasteiger partial charge in [0.25, 0.3) is 0 Å². The van der Waals surface area contributed by atoms with E-state index in [9.17, 15) is 14.4 Å². The van der Waals surface area contributed by atoms with Crippen LogP contribution in [-0.2, 0) is 14.4 Å². The van der Waals surface area contributed by atoms with Gasteiger partial charge in [0.2, 0.25) is 17.7 Å². The third-order valence-electron chi connectivity index (χ3n) is 4.99. The smallest absolute Gasteiger partial charge is 0.248 e. The van der Waals surface area contributed by atoms with Crippen LogP contribution in [0.15, 0.2) is 24.3 Å². The summed E-state index contributed by atoms with van der Waals surface area (Å²) < 4.78 is 0. The number of carbonyl (C=O) groups excluding carboxylic acids is 3. The van der Waals surface area contributed by atoms with Gasteiger partial charge in [-0.3, -0.25) is 19.3 Å². The Balaban J connectivity index is 1.86. The molecule has 0 bridgehead atoms. The lowest BCUT2D eigenvalue weighted by Gasteiger charge is -2.24. The average molecular weight is 408 g/mol. The summed E-state index contributed by atoms with van der Waals surface area (Å²) in [7, 11) is 0. The van der Waals surface area contributed by atoms with Gasteiger partial charge >= 0.3 is 0 Å². The Kier molecular flexibility index (Phi) is 8.77. The van der Waals surface area contributed by atoms with Crippen LogP contribution in [0, 0.1) is 0 Å². The zero-order chi connectivity index (χ0) is 20.5. The molecular weight excluding hydrogens is 378 g/mol. The molecule has 0 N–H and O–H groups in total. The third kappa shape index (κ3) is 6.23. The van der Waals surface area contributed by atoms with Crippen molar-refractivity contribution in [3.8, 4) is 0 Å². The number of rotatable bonds is 10. The summed E-state index contributed by atoms with van der Waals surface area (Å²) in [6.45, 7) is 4.77. The van der Waals surface area contributed by atoms with E-state index in [1.165, 1.54) is 17.7 Å². The van der Waals surface area contributed by atoms with Gasteiger partial charge in [0.15, 0.2) is 0 Å². The molecule has 1 aromatic carbocycles. The number of unbranched alkanes of at least 4 members (excludes halogenated alkanes) is 4. The quantitative estimate of drug-likeness (QED) is 0.556. The molecule has 1 heterocycles. The number of nitrogens with zero attached hydrogens (tertiary/aromatic N) is 3. The molecule has 6 nitrogen and oxygen atoms in total. The Bertz CT molecular complexity index is 678. The molecule has 0 aromatic heterocycles. The molecule has 1 aromatic rings. The van der Waals surface area contributed by atoms with Gasteiger partial charge in [-0.25, -0.2) is 0 Å². The van der Waals surface area contributed by atoms with E-state index in [1.54, 1.807) is 34.1 Å². The molecule has 2 rings (SSSR count). The van der Waals surface area contributed by atoms with Crippen molar-refractivity contribution in [1.82, 2.24) is 9.80 Å². The maximum Gasteiger partial charge on any atom is 0.248 e. The Hall–Kier alpha value is -2.08. The maximum absolute atomic E-state index is 12.6. The minimum Gasteiger partial charge on any atom is -0.334 e. The van der Waals surface area contributed by atoms with Gasteiger partial charge in [-0.2, -0.15) is 0 Å². The molecule has 1 saturated heterocycles. The predicted octanol–water partition coefficient (Wildman–Crippen LogP) is 3.68. The van der Waals surface area contributed by atoms with Crippen LogP contribution < -0.4 is 4.90 Å². The Morgan fingerprint density at radius 2 is 1.75 bits per heavy atom. The monoisotopic (exact) mass is 407 g/mol. The van der Waals surface area contributed by atoms with Gasteiger partial charge in [0.05, 0.1) is 6.54 Å². The number of anilines is 1. The Morgan fingerprint density at radius 3 is 2.39 bits per heavy atom. The first kappa shape index (κ1) is 22.2. The summed E-state index contributed by atoms with van der Waals surface area (Å²) in [6.07, 6.45) is 5.88. The maximum atomic E-state index is 12.6. The first-order valence-electron chi connectivity index (χ1n) is 10.1. The molecule has 0 unspecified atom stereocenters. The van der Waals surface area contributed by atoms with Gasteiger partial charge in [-0.1, -0.05) is 44.2 Å². The van der Waals surface area contributed by atoms with Crippen LogP contribution in [-0.4, -0.2) is 53.8 Å². The summed E-state index contributed by atoms with van der Waals surface area (Å²) >= 11 is 5.89. The van der Waals surface area contributed by atoms with E-state index in [0.29, 0.717) is 23.7 Å². The molecule has 0 aliphatic carbocycles. The van der Waals surface area contributed by atoms with Crippen molar-refractivity contribution >= 4 is 35.0 Å². The van der Waals surface area contributed by atoms with Crippen molar-refractivity contribution in [1.29, 1.82) is 0 Å². The molecular formula is C21H30ClN3O3. The molecule has 3 amide bonds. The molecule has 1 aliphatic heterocycles. The van der Waals surface area contributed by atoms with Crippen LogP contribution in [0.4, 0.5) is 5.69 Å². The zero-order valence-electron chi connectivity index (χ0n) is 16.8. The van der Waals surface area contributed by atoms with Crippen molar-refractivity contribution in [2.24, 2.45) is 0 Å². The zero-order valence-corrected chi connectivity index (χ0v) is 17.6. The van der Waals surface area contributed by atoms with Crippen LogP contribution >= 0.6 is 11.6 Å². The summed E-state index contributed by atoms with van der Waals surface area (Å²) in [4.78, 5) is 42.0. The van der Waals surface area contributed by atoms with Crippen molar-refractivity contribution in [2.75, 3.05) is 31.2 Å². The number of amides is 3.